The Morgan fingerprint density at radius 2 is 1.25 bits per heavy atom. The van der Waals surface area contributed by atoms with Gasteiger partial charge in [-0.2, -0.15) is 0 Å². The molecule has 0 atom stereocenters. The topological polar surface area (TPSA) is 0 Å². The van der Waals surface area contributed by atoms with Gasteiger partial charge in [0, 0.05) is 0 Å². The van der Waals surface area contributed by atoms with Crippen molar-refractivity contribution in [2.75, 3.05) is 0 Å². The Kier molecular flexibility index (Phi) is 4.13. The summed E-state index contributed by atoms with van der Waals surface area (Å²) in [6, 6.07) is 15.8. The van der Waals surface area contributed by atoms with Gasteiger partial charge in [0.25, 0.3) is 0 Å². The molecule has 2 aromatic rings. The second-order valence-corrected chi connectivity index (χ2v) is 5.50. The van der Waals surface area contributed by atoms with Crippen LogP contribution in [0.3, 0.4) is 0 Å². The molecule has 0 amide bonds. The second-order valence-electron chi connectivity index (χ2n) is 3.40. The first-order chi connectivity index (χ1) is 7.66. The molecule has 0 aliphatic heterocycles. The van der Waals surface area contributed by atoms with E-state index < -0.39 is 0 Å². The Labute approximate surface area is 120 Å². The van der Waals surface area contributed by atoms with Gasteiger partial charge in [0.15, 0.2) is 0 Å². The zero-order chi connectivity index (χ0) is 11.5. The van der Waals surface area contributed by atoms with E-state index in [1.54, 1.807) is 0 Å². The number of hydrogen-bond acceptors (Lipinski definition) is 0. The molecule has 0 bridgehead atoms. The van der Waals surface area contributed by atoms with Gasteiger partial charge in [0.05, 0.1) is 0 Å². The van der Waals surface area contributed by atoms with E-state index in [0.717, 1.165) is 21.2 Å². The summed E-state index contributed by atoms with van der Waals surface area (Å²) in [5.41, 5.74) is 2.32. The zero-order valence-corrected chi connectivity index (χ0v) is 12.3. The van der Waals surface area contributed by atoms with Gasteiger partial charge in [0.1, 0.15) is 0 Å². The van der Waals surface area contributed by atoms with Crippen molar-refractivity contribution in [3.63, 3.8) is 0 Å². The normalized spacial score (nSPS) is 10.2. The minimum absolute atomic E-state index is 0.763. The van der Waals surface area contributed by atoms with E-state index in [1.165, 1.54) is 27.4 Å². The summed E-state index contributed by atoms with van der Waals surface area (Å²) in [5.74, 6) is 0. The predicted molar refractivity (Wildman–Crippen MR) is 66.1 cm³/mol. The van der Waals surface area contributed by atoms with Gasteiger partial charge in [0.2, 0.25) is 0 Å². The SMILES string of the molecule is Clc1cccc([C](=[Zr+2])c2cccc(Cl)c2)c1. The summed E-state index contributed by atoms with van der Waals surface area (Å²) in [5, 5.41) is 1.53. The van der Waals surface area contributed by atoms with Crippen LogP contribution in [0.2, 0.25) is 10.0 Å². The van der Waals surface area contributed by atoms with Crippen LogP contribution in [-0.2, 0) is 24.2 Å². The van der Waals surface area contributed by atoms with Crippen molar-refractivity contribution in [3.05, 3.63) is 69.7 Å². The van der Waals surface area contributed by atoms with Crippen molar-refractivity contribution < 1.29 is 24.2 Å². The fraction of sp³-hybridized carbons (Fsp3) is 0. The molecule has 2 aromatic carbocycles. The molecular weight excluding hydrogens is 318 g/mol. The first-order valence-electron chi connectivity index (χ1n) is 4.77. The van der Waals surface area contributed by atoms with Crippen LogP contribution in [0.1, 0.15) is 11.1 Å². The molecule has 0 nitrogen and oxygen atoms in total. The summed E-state index contributed by atoms with van der Waals surface area (Å²) in [4.78, 5) is 0. The molecule has 0 radical (unpaired) electrons. The van der Waals surface area contributed by atoms with Crippen molar-refractivity contribution >= 4 is 26.4 Å². The average molecular weight is 326 g/mol. The summed E-state index contributed by atoms with van der Waals surface area (Å²) < 4.78 is 1.26. The molecule has 76 valence electrons. The predicted octanol–water partition coefficient (Wildman–Crippen LogP) is 4.11. The van der Waals surface area contributed by atoms with Crippen LogP contribution in [0.15, 0.2) is 48.5 Å². The third kappa shape index (κ3) is 2.91. The van der Waals surface area contributed by atoms with E-state index in [-0.39, 0.29) is 0 Å². The van der Waals surface area contributed by atoms with Crippen molar-refractivity contribution in [3.8, 4) is 0 Å². The van der Waals surface area contributed by atoms with E-state index in [1.807, 2.05) is 36.4 Å². The third-order valence-corrected chi connectivity index (χ3v) is 4.12. The van der Waals surface area contributed by atoms with E-state index in [0.29, 0.717) is 0 Å². The summed E-state index contributed by atoms with van der Waals surface area (Å²) >= 11 is 13.3. The third-order valence-electron chi connectivity index (χ3n) is 2.23. The van der Waals surface area contributed by atoms with Crippen molar-refractivity contribution in [1.29, 1.82) is 0 Å². The van der Waals surface area contributed by atoms with Gasteiger partial charge in [-0.3, -0.25) is 0 Å². The molecule has 0 heterocycles. The van der Waals surface area contributed by atoms with Crippen molar-refractivity contribution in [1.82, 2.24) is 0 Å². The monoisotopic (exact) mass is 324 g/mol. The quantitative estimate of drug-likeness (QED) is 0.779. The Morgan fingerprint density at radius 1 is 0.812 bits per heavy atom. The summed E-state index contributed by atoms with van der Waals surface area (Å²) in [6.45, 7) is 0. The van der Waals surface area contributed by atoms with Gasteiger partial charge in [-0.15, -0.1) is 0 Å². The van der Waals surface area contributed by atoms with Crippen LogP contribution in [-0.4, -0.2) is 3.21 Å². The number of hydrogen-bond donors (Lipinski definition) is 0. The van der Waals surface area contributed by atoms with Gasteiger partial charge in [-0.1, -0.05) is 0 Å². The van der Waals surface area contributed by atoms with Gasteiger partial charge in [-0.25, -0.2) is 0 Å². The molecule has 0 fully saturated rings. The number of benzene rings is 2. The summed E-state index contributed by atoms with van der Waals surface area (Å²) in [7, 11) is 0. The molecule has 3 heteroatoms. The van der Waals surface area contributed by atoms with Gasteiger partial charge >= 0.3 is 120 Å². The first kappa shape index (κ1) is 12.2. The Morgan fingerprint density at radius 3 is 1.62 bits per heavy atom. The molecule has 0 spiro atoms. The molecule has 0 aromatic heterocycles. The Balaban J connectivity index is 2.39. The standard InChI is InChI=1S/C13H8Cl2.Zr/c14-12-5-1-3-10(8-12)7-11-4-2-6-13(15)9-11;/h1-6,8-9H;/q;+2. The first-order valence-corrected chi connectivity index (χ1v) is 6.76. The molecule has 0 N–H and O–H groups in total. The van der Waals surface area contributed by atoms with Crippen LogP contribution < -0.4 is 0 Å². The van der Waals surface area contributed by atoms with E-state index in [9.17, 15) is 0 Å². The van der Waals surface area contributed by atoms with Crippen LogP contribution in [0.25, 0.3) is 0 Å². The van der Waals surface area contributed by atoms with Crippen LogP contribution in [0.4, 0.5) is 0 Å². The minimum atomic E-state index is 0.763. The molecule has 0 aliphatic rings. The number of rotatable bonds is 2. The van der Waals surface area contributed by atoms with Crippen molar-refractivity contribution in [2.24, 2.45) is 0 Å². The molecule has 16 heavy (non-hydrogen) atoms. The van der Waals surface area contributed by atoms with Crippen LogP contribution in [0.5, 0.6) is 0 Å². The molecule has 0 saturated heterocycles. The Bertz CT molecular complexity index is 487. The zero-order valence-electron chi connectivity index (χ0n) is 8.37. The van der Waals surface area contributed by atoms with E-state index >= 15 is 0 Å². The fourth-order valence-corrected chi connectivity index (χ4v) is 2.60. The van der Waals surface area contributed by atoms with E-state index in [4.69, 9.17) is 23.2 Å². The second kappa shape index (κ2) is 5.40. The maximum absolute atomic E-state index is 5.98. The molecule has 2 rings (SSSR count). The van der Waals surface area contributed by atoms with Gasteiger partial charge in [-0.05, 0) is 0 Å². The average Bonchev–Trinajstić information content (AvgIpc) is 2.28. The molecule has 0 aliphatic carbocycles. The fourth-order valence-electron chi connectivity index (χ4n) is 1.45. The van der Waals surface area contributed by atoms with Crippen LogP contribution in [0, 0.1) is 0 Å². The van der Waals surface area contributed by atoms with Crippen LogP contribution >= 0.6 is 23.2 Å². The molecule has 0 saturated carbocycles. The maximum atomic E-state index is 5.98. The molecular formula is C13H8Cl2Zr+2. The van der Waals surface area contributed by atoms with Gasteiger partial charge < -0.3 is 0 Å². The van der Waals surface area contributed by atoms with E-state index in [2.05, 4.69) is 12.1 Å². The Hall–Kier alpha value is -0.227. The number of halogens is 2. The summed E-state index contributed by atoms with van der Waals surface area (Å²) in [6.07, 6.45) is 0. The molecule has 0 unspecified atom stereocenters. The van der Waals surface area contributed by atoms with Crippen molar-refractivity contribution in [2.45, 2.75) is 0 Å².